The van der Waals surface area contributed by atoms with E-state index in [4.69, 9.17) is 19.3 Å². The van der Waals surface area contributed by atoms with E-state index in [2.05, 4.69) is 52.1 Å². The van der Waals surface area contributed by atoms with Crippen LogP contribution in [0.5, 0.6) is 0 Å². The Morgan fingerprint density at radius 2 is 0.683 bits per heavy atom. The summed E-state index contributed by atoms with van der Waals surface area (Å²) in [4.78, 5) is 59.0. The minimum atomic E-state index is -5.83. The molecule has 0 aliphatic carbocycles. The van der Waals surface area contributed by atoms with Gasteiger partial charge in [0.15, 0.2) is 27.2 Å². The first kappa shape index (κ1) is 99.3. The maximum absolute atomic E-state index is 14.2. The second kappa shape index (κ2) is 32.9. The fraction of sp³-hybridized carbons (Fsp3) is 0.915. The highest BCUT2D eigenvalue weighted by molar-refractivity contribution is 5.78. The van der Waals surface area contributed by atoms with Crippen molar-refractivity contribution in [2.24, 2.45) is 27.1 Å². The zero-order valence-corrected chi connectivity index (χ0v) is 58.6. The lowest BCUT2D eigenvalue weighted by Gasteiger charge is -2.48. The number of rotatable bonds is 15. The predicted octanol–water partition coefficient (Wildman–Crippen LogP) is 12.3. The largest absolute Gasteiger partial charge is 0.456 e. The molecule has 5 aliphatic rings. The molecule has 5 heterocycles. The van der Waals surface area contributed by atoms with Crippen LogP contribution < -0.4 is 0 Å². The molecule has 0 aromatic heterocycles. The normalized spacial score (nSPS) is 31.1. The van der Waals surface area contributed by atoms with Gasteiger partial charge in [0.1, 0.15) is 5.60 Å². The summed E-state index contributed by atoms with van der Waals surface area (Å²) in [6, 6.07) is 0. The van der Waals surface area contributed by atoms with Gasteiger partial charge in [-0.2, -0.15) is 92.2 Å². The summed E-state index contributed by atoms with van der Waals surface area (Å²) in [6.07, 6.45) is -32.1. The van der Waals surface area contributed by atoms with Crippen LogP contribution in [0.25, 0.3) is 0 Å². The summed E-state index contributed by atoms with van der Waals surface area (Å²) < 4.78 is 335. The molecule has 0 amide bonds. The Morgan fingerprint density at radius 1 is 0.385 bits per heavy atom. The number of hydrogen-bond donors (Lipinski definition) is 5. The van der Waals surface area contributed by atoms with Crippen molar-refractivity contribution in [2.75, 3.05) is 33.8 Å². The molecule has 0 aromatic rings. The molecule has 10 atom stereocenters. The Bertz CT molecular complexity index is 2790. The number of esters is 5. The number of carbonyl (C=O) groups excluding carboxylic acids is 5. The van der Waals surface area contributed by atoms with Crippen LogP contribution in [0.1, 0.15) is 177 Å². The highest BCUT2D eigenvalue weighted by Crippen LogP contribution is 2.56. The molecule has 0 saturated carbocycles. The average molecular weight is 1580 g/mol. The molecule has 45 heteroatoms. The van der Waals surface area contributed by atoms with Gasteiger partial charge >= 0.3 is 95.9 Å². The highest BCUT2D eigenvalue weighted by atomic mass is 19.4. The molecule has 0 bridgehead atoms. The standard InChI is InChI=1S/2C12H17F5O5.C12H19F3O4.C11H15F5O5.C11H17F3O5.CH4/c2*1-5-8(2,3)7(18)22-9(4)10(13,14)11(19,12(15,16)17)21-6-20-9;1-5-9(2,3)8(16)19-10(4)6-11(17,18-7-10)12(13,14)15;1-4-8(2,3)6(17)21-7-9(12,13)10(18,11(14,15)16)20-5-19-7;1-4-9(2,3)8(15)19-7-5-10(16,11(12,13)14)18-6-17-7;/h2*19H,5-6H2,1-4H3;17H,5-7H2,1-4H3;7,18H,4-5H2,1-3H3;7,16H,4-6H2,1-3H3;1H4. The van der Waals surface area contributed by atoms with Crippen molar-refractivity contribution in [3.8, 4) is 0 Å². The van der Waals surface area contributed by atoms with Gasteiger partial charge in [0.05, 0.1) is 46.5 Å². The SMILES string of the molecule is C.CCC(C)(C)C(=O)OC1(C)COC(O)(C(F)(F)F)C1.CCC(C)(C)C(=O)OC1(C)OCOC(O)(C(F)(F)F)C1(F)F.CCC(C)(C)C(=O)OC1(C)OCOC(O)(C(F)(F)F)C1(F)F.CCC(C)(C)C(=O)OC1CC(O)(C(F)(F)F)OCO1.CCC(C)(C)C(=O)OC1OCOC(O)(C(F)(F)F)C1(F)F. The highest BCUT2D eigenvalue weighted by Gasteiger charge is 2.83. The fourth-order valence-electron chi connectivity index (χ4n) is 7.26. The third kappa shape index (κ3) is 21.0. The van der Waals surface area contributed by atoms with E-state index in [1.807, 2.05) is 0 Å². The third-order valence-corrected chi connectivity index (χ3v) is 17.2. The molecule has 10 unspecified atom stereocenters. The van der Waals surface area contributed by atoms with E-state index >= 15 is 0 Å². The van der Waals surface area contributed by atoms with Crippen molar-refractivity contribution in [3.05, 3.63) is 0 Å². The summed E-state index contributed by atoms with van der Waals surface area (Å²) in [6.45, 7) is 19.8. The number of aliphatic hydroxyl groups is 5. The van der Waals surface area contributed by atoms with Gasteiger partial charge in [-0.25, -0.2) is 0 Å². The van der Waals surface area contributed by atoms with Gasteiger partial charge < -0.3 is 91.8 Å². The van der Waals surface area contributed by atoms with Crippen LogP contribution in [-0.2, 0) is 90.3 Å². The lowest BCUT2D eigenvalue weighted by molar-refractivity contribution is -0.526. The van der Waals surface area contributed by atoms with Gasteiger partial charge in [-0.05, 0) is 108 Å². The van der Waals surface area contributed by atoms with E-state index in [0.29, 0.717) is 26.7 Å². The summed E-state index contributed by atoms with van der Waals surface area (Å²) in [7, 11) is 0. The summed E-state index contributed by atoms with van der Waals surface area (Å²) in [5.74, 6) is -47.8. The molecule has 5 rings (SSSR count). The predicted molar refractivity (Wildman–Crippen MR) is 304 cm³/mol. The van der Waals surface area contributed by atoms with Crippen molar-refractivity contribution in [1.82, 2.24) is 0 Å². The number of alkyl halides is 21. The van der Waals surface area contributed by atoms with Crippen molar-refractivity contribution in [1.29, 1.82) is 0 Å². The number of halogens is 21. The molecule has 24 nitrogen and oxygen atoms in total. The van der Waals surface area contributed by atoms with Crippen LogP contribution in [0, 0.1) is 27.1 Å². The van der Waals surface area contributed by atoms with Gasteiger partial charge in [-0.1, -0.05) is 42.0 Å². The van der Waals surface area contributed by atoms with E-state index in [1.165, 1.54) is 48.5 Å². The van der Waals surface area contributed by atoms with Crippen LogP contribution in [0.3, 0.4) is 0 Å². The summed E-state index contributed by atoms with van der Waals surface area (Å²) in [5.41, 5.74) is -6.75. The Balaban J connectivity index is 0.00000127. The Morgan fingerprint density at radius 3 is 0.990 bits per heavy atom. The van der Waals surface area contributed by atoms with E-state index in [0.717, 1.165) is 0 Å². The van der Waals surface area contributed by atoms with Crippen LogP contribution in [0.4, 0.5) is 92.2 Å². The number of ether oxygens (including phenoxy) is 14. The Hall–Kier alpha value is -4.68. The molecule has 616 valence electrons. The molecule has 0 aromatic carbocycles. The maximum Gasteiger partial charge on any atom is 0.450 e. The first-order valence-corrected chi connectivity index (χ1v) is 30.4. The van der Waals surface area contributed by atoms with Crippen molar-refractivity contribution in [2.45, 2.75) is 284 Å². The second-order valence-electron chi connectivity index (χ2n) is 27.4. The van der Waals surface area contributed by atoms with Crippen molar-refractivity contribution < 1.29 is 208 Å². The van der Waals surface area contributed by atoms with Gasteiger partial charge in [-0.15, -0.1) is 0 Å². The minimum Gasteiger partial charge on any atom is -0.456 e. The van der Waals surface area contributed by atoms with E-state index in [-0.39, 0.29) is 26.7 Å². The number of hydrogen-bond acceptors (Lipinski definition) is 24. The van der Waals surface area contributed by atoms with Crippen molar-refractivity contribution in [3.63, 3.8) is 0 Å². The molecule has 5 fully saturated rings. The molecule has 5 aliphatic heterocycles. The molecule has 5 N–H and O–H groups in total. The molecule has 0 radical (unpaired) electrons. The maximum atomic E-state index is 14.2. The lowest BCUT2D eigenvalue weighted by atomic mass is 9.90. The van der Waals surface area contributed by atoms with E-state index < -0.39 is 211 Å². The molecule has 5 saturated heterocycles. The van der Waals surface area contributed by atoms with Gasteiger partial charge in [0.25, 0.3) is 29.4 Å². The molecule has 0 spiro atoms. The monoisotopic (exact) mass is 1580 g/mol. The summed E-state index contributed by atoms with van der Waals surface area (Å²) >= 11 is 0. The minimum absolute atomic E-state index is 0. The molecular weight excluding hydrogens is 1490 g/mol. The van der Waals surface area contributed by atoms with Crippen LogP contribution in [-0.4, -0.2) is 196 Å². The van der Waals surface area contributed by atoms with Gasteiger partial charge in [0, 0.05) is 13.8 Å². The molecule has 104 heavy (non-hydrogen) atoms. The van der Waals surface area contributed by atoms with Crippen LogP contribution in [0.15, 0.2) is 0 Å². The van der Waals surface area contributed by atoms with E-state index in [1.54, 1.807) is 62.3 Å². The quantitative estimate of drug-likeness (QED) is 0.0578. The Kier molecular flexibility index (Phi) is 31.4. The van der Waals surface area contributed by atoms with Gasteiger partial charge in [0.2, 0.25) is 6.29 Å². The molecular formula is C59H89F21O24. The first-order chi connectivity index (χ1) is 45.5. The fourth-order valence-corrected chi connectivity index (χ4v) is 7.26. The van der Waals surface area contributed by atoms with Crippen LogP contribution in [0.2, 0.25) is 0 Å². The zero-order valence-electron chi connectivity index (χ0n) is 58.6. The Labute approximate surface area is 582 Å². The zero-order chi connectivity index (χ0) is 81.9. The third-order valence-electron chi connectivity index (χ3n) is 17.2. The average Bonchev–Trinajstić information content (AvgIpc) is 0.896. The number of carbonyl (C=O) groups is 5. The first-order valence-electron chi connectivity index (χ1n) is 30.4. The smallest absolute Gasteiger partial charge is 0.450 e. The van der Waals surface area contributed by atoms with Gasteiger partial charge in [-0.3, -0.25) is 24.0 Å². The lowest BCUT2D eigenvalue weighted by Crippen LogP contribution is -2.73. The van der Waals surface area contributed by atoms with Crippen molar-refractivity contribution >= 4 is 29.8 Å². The van der Waals surface area contributed by atoms with Crippen LogP contribution >= 0.6 is 0 Å². The second-order valence-corrected chi connectivity index (χ2v) is 27.4. The topological polar surface area (TPSA) is 316 Å². The summed E-state index contributed by atoms with van der Waals surface area (Å²) in [5, 5.41) is 46.4. The van der Waals surface area contributed by atoms with E-state index in [9.17, 15) is 137 Å².